The lowest BCUT2D eigenvalue weighted by Crippen LogP contribution is -2.18. The van der Waals surface area contributed by atoms with Gasteiger partial charge in [0.05, 0.1) is 6.04 Å². The number of halogens is 3. The Labute approximate surface area is 117 Å². The lowest BCUT2D eigenvalue weighted by molar-refractivity contribution is -0.144. The number of hydrogen-bond donors (Lipinski definition) is 3. The third-order valence-electron chi connectivity index (χ3n) is 2.54. The van der Waals surface area contributed by atoms with Crippen LogP contribution in [0, 0.1) is 0 Å². The number of hydrogen-bond acceptors (Lipinski definition) is 6. The molecule has 4 N–H and O–H groups in total. The van der Waals surface area contributed by atoms with Gasteiger partial charge in [-0.1, -0.05) is 0 Å². The maximum atomic E-state index is 12.7. The van der Waals surface area contributed by atoms with E-state index in [1.807, 2.05) is 23.8 Å². The van der Waals surface area contributed by atoms with Gasteiger partial charge in [0.2, 0.25) is 5.82 Å². The topological polar surface area (TPSA) is 75.9 Å². The Morgan fingerprint density at radius 1 is 1.30 bits per heavy atom. The second-order valence-corrected chi connectivity index (χ2v) is 4.81. The highest BCUT2D eigenvalue weighted by Crippen LogP contribution is 2.29. The van der Waals surface area contributed by atoms with Crippen molar-refractivity contribution in [2.45, 2.75) is 19.1 Å². The average molecular weight is 303 g/mol. The van der Waals surface area contributed by atoms with E-state index in [0.29, 0.717) is 0 Å². The van der Waals surface area contributed by atoms with E-state index in [0.717, 1.165) is 5.56 Å². The number of anilines is 2. The molecule has 0 aromatic carbocycles. The first-order valence-electron chi connectivity index (χ1n) is 5.61. The van der Waals surface area contributed by atoms with Gasteiger partial charge in [-0.2, -0.15) is 24.5 Å². The first-order chi connectivity index (χ1) is 9.40. The van der Waals surface area contributed by atoms with Crippen LogP contribution in [0.25, 0.3) is 0 Å². The molecule has 0 aliphatic rings. The molecule has 0 saturated heterocycles. The summed E-state index contributed by atoms with van der Waals surface area (Å²) in [6.45, 7) is 1.83. The summed E-state index contributed by atoms with van der Waals surface area (Å²) < 4.78 is 38.0. The van der Waals surface area contributed by atoms with E-state index >= 15 is 0 Å². The average Bonchev–Trinajstić information content (AvgIpc) is 2.91. The van der Waals surface area contributed by atoms with Crippen LogP contribution in [0.5, 0.6) is 0 Å². The molecule has 2 aromatic rings. The Kier molecular flexibility index (Phi) is 4.09. The molecular formula is C11H12F3N5S. The van der Waals surface area contributed by atoms with Gasteiger partial charge in [0.1, 0.15) is 11.6 Å². The van der Waals surface area contributed by atoms with Gasteiger partial charge in [0, 0.05) is 6.07 Å². The normalized spacial score (nSPS) is 13.1. The summed E-state index contributed by atoms with van der Waals surface area (Å²) in [5.41, 5.74) is 3.06. The number of rotatable bonds is 4. The minimum atomic E-state index is -4.63. The number of nitrogen functional groups attached to an aromatic ring is 1. The summed E-state index contributed by atoms with van der Waals surface area (Å²) in [6.07, 6.45) is -4.63. The summed E-state index contributed by atoms with van der Waals surface area (Å²) in [6, 6.07) is 3.02. The Bertz CT molecular complexity index is 570. The molecule has 0 aliphatic heterocycles. The number of thiophene rings is 1. The molecule has 0 spiro atoms. The number of hydrazine groups is 1. The van der Waals surface area contributed by atoms with E-state index in [2.05, 4.69) is 20.7 Å². The van der Waals surface area contributed by atoms with Gasteiger partial charge in [-0.05, 0) is 29.3 Å². The van der Waals surface area contributed by atoms with Gasteiger partial charge in [-0.25, -0.2) is 15.8 Å². The number of aromatic nitrogens is 2. The van der Waals surface area contributed by atoms with Crippen molar-refractivity contribution in [3.63, 3.8) is 0 Å². The minimum absolute atomic E-state index is 0.0546. The second kappa shape index (κ2) is 5.63. The van der Waals surface area contributed by atoms with E-state index < -0.39 is 12.0 Å². The molecule has 2 rings (SSSR count). The van der Waals surface area contributed by atoms with Crippen molar-refractivity contribution in [3.05, 3.63) is 34.3 Å². The van der Waals surface area contributed by atoms with Crippen LogP contribution in [0.3, 0.4) is 0 Å². The molecule has 9 heteroatoms. The largest absolute Gasteiger partial charge is 0.451 e. The van der Waals surface area contributed by atoms with Crippen molar-refractivity contribution in [2.75, 3.05) is 10.7 Å². The van der Waals surface area contributed by atoms with Gasteiger partial charge in [0.15, 0.2) is 0 Å². The zero-order valence-corrected chi connectivity index (χ0v) is 11.2. The molecule has 0 bridgehead atoms. The van der Waals surface area contributed by atoms with Crippen LogP contribution >= 0.6 is 11.3 Å². The number of nitrogens with two attached hydrogens (primary N) is 1. The van der Waals surface area contributed by atoms with Crippen molar-refractivity contribution >= 4 is 23.0 Å². The fraction of sp³-hybridized carbons (Fsp3) is 0.273. The molecule has 0 radical (unpaired) electrons. The molecule has 0 saturated carbocycles. The van der Waals surface area contributed by atoms with Crippen molar-refractivity contribution in [2.24, 2.45) is 5.84 Å². The summed E-state index contributed by atoms with van der Waals surface area (Å²) >= 11 is 1.51. The molecule has 0 fully saturated rings. The highest BCUT2D eigenvalue weighted by atomic mass is 32.1. The van der Waals surface area contributed by atoms with E-state index in [4.69, 9.17) is 5.84 Å². The van der Waals surface area contributed by atoms with Gasteiger partial charge in [0.25, 0.3) is 0 Å². The van der Waals surface area contributed by atoms with Crippen molar-refractivity contribution in [1.29, 1.82) is 0 Å². The molecule has 0 amide bonds. The van der Waals surface area contributed by atoms with Gasteiger partial charge in [-0.15, -0.1) is 0 Å². The molecule has 108 valence electrons. The number of nitrogens with zero attached hydrogens (tertiary/aromatic N) is 2. The number of alkyl halides is 3. The fourth-order valence-corrected chi connectivity index (χ4v) is 2.30. The first kappa shape index (κ1) is 14.5. The smallest absolute Gasteiger partial charge is 0.363 e. The van der Waals surface area contributed by atoms with E-state index in [-0.39, 0.29) is 17.7 Å². The third kappa shape index (κ3) is 3.36. The lowest BCUT2D eigenvalue weighted by atomic mass is 10.2. The molecule has 1 unspecified atom stereocenters. The van der Waals surface area contributed by atoms with Crippen molar-refractivity contribution in [1.82, 2.24) is 9.97 Å². The quantitative estimate of drug-likeness (QED) is 0.598. The monoisotopic (exact) mass is 303 g/mol. The van der Waals surface area contributed by atoms with E-state index in [1.165, 1.54) is 17.4 Å². The van der Waals surface area contributed by atoms with Crippen LogP contribution < -0.4 is 16.6 Å². The molecule has 20 heavy (non-hydrogen) atoms. The maximum absolute atomic E-state index is 12.7. The zero-order valence-electron chi connectivity index (χ0n) is 10.4. The van der Waals surface area contributed by atoms with E-state index in [9.17, 15) is 13.2 Å². The standard InChI is InChI=1S/C11H12F3N5S/c1-6(7-2-3-20-5-7)16-8-4-9(19-15)18-10(17-8)11(12,13)14/h2-6H,15H2,1H3,(H2,16,17,18,19). The lowest BCUT2D eigenvalue weighted by Gasteiger charge is -2.15. The van der Waals surface area contributed by atoms with E-state index in [1.54, 1.807) is 0 Å². The van der Waals surface area contributed by atoms with Crippen molar-refractivity contribution < 1.29 is 13.2 Å². The summed E-state index contributed by atoms with van der Waals surface area (Å²) in [7, 11) is 0. The number of nitrogens with one attached hydrogen (secondary N) is 2. The summed E-state index contributed by atoms with van der Waals surface area (Å²) in [4.78, 5) is 6.75. The van der Waals surface area contributed by atoms with Crippen LogP contribution in [0.1, 0.15) is 24.4 Å². The Morgan fingerprint density at radius 2 is 2.00 bits per heavy atom. The second-order valence-electron chi connectivity index (χ2n) is 4.03. The van der Waals surface area contributed by atoms with Crippen LogP contribution in [0.15, 0.2) is 22.9 Å². The Hall–Kier alpha value is -1.87. The van der Waals surface area contributed by atoms with Crippen LogP contribution in [0.4, 0.5) is 24.8 Å². The molecular weight excluding hydrogens is 291 g/mol. The molecule has 2 heterocycles. The van der Waals surface area contributed by atoms with Crippen LogP contribution in [-0.4, -0.2) is 9.97 Å². The zero-order chi connectivity index (χ0) is 14.8. The molecule has 0 aliphatic carbocycles. The molecule has 2 aromatic heterocycles. The highest BCUT2D eigenvalue weighted by Gasteiger charge is 2.35. The fourth-order valence-electron chi connectivity index (χ4n) is 1.55. The maximum Gasteiger partial charge on any atom is 0.451 e. The Morgan fingerprint density at radius 3 is 2.55 bits per heavy atom. The third-order valence-corrected chi connectivity index (χ3v) is 3.24. The van der Waals surface area contributed by atoms with Crippen molar-refractivity contribution in [3.8, 4) is 0 Å². The van der Waals surface area contributed by atoms with Gasteiger partial charge >= 0.3 is 6.18 Å². The SMILES string of the molecule is CC(Nc1cc(NN)nc(C(F)(F)F)n1)c1ccsc1. The molecule has 5 nitrogen and oxygen atoms in total. The highest BCUT2D eigenvalue weighted by molar-refractivity contribution is 7.07. The predicted molar refractivity (Wildman–Crippen MR) is 71.2 cm³/mol. The minimum Gasteiger partial charge on any atom is -0.363 e. The van der Waals surface area contributed by atoms with Gasteiger partial charge in [-0.3, -0.25) is 0 Å². The summed E-state index contributed by atoms with van der Waals surface area (Å²) in [5.74, 6) is 3.83. The van der Waals surface area contributed by atoms with Crippen LogP contribution in [0.2, 0.25) is 0 Å². The van der Waals surface area contributed by atoms with Gasteiger partial charge < -0.3 is 10.7 Å². The first-order valence-corrected chi connectivity index (χ1v) is 6.56. The molecule has 1 atom stereocenters. The van der Waals surface area contributed by atoms with Crippen LogP contribution in [-0.2, 0) is 6.18 Å². The summed E-state index contributed by atoms with van der Waals surface area (Å²) in [5, 5.41) is 6.69. The Balaban J connectivity index is 2.27. The predicted octanol–water partition coefficient (Wildman–Crippen LogP) is 3.02.